The fourth-order valence-corrected chi connectivity index (χ4v) is 3.18. The van der Waals surface area contributed by atoms with Gasteiger partial charge < -0.3 is 14.8 Å². The lowest BCUT2D eigenvalue weighted by atomic mass is 9.82. The first-order chi connectivity index (χ1) is 12.1. The van der Waals surface area contributed by atoms with E-state index in [1.165, 1.54) is 14.2 Å². The Labute approximate surface area is 150 Å². The molecule has 0 fully saturated rings. The van der Waals surface area contributed by atoms with Gasteiger partial charge in [0.05, 0.1) is 25.3 Å². The number of alkyl halides is 1. The number of halogens is 1. The van der Waals surface area contributed by atoms with E-state index in [1.807, 2.05) is 0 Å². The minimum Gasteiger partial charge on any atom is -0.496 e. The van der Waals surface area contributed by atoms with Crippen LogP contribution in [0.1, 0.15) is 37.4 Å². The maximum Gasteiger partial charge on any atom is 0.201 e. The number of nitrogens with one attached hydrogen (secondary N) is 1. The van der Waals surface area contributed by atoms with Crippen LogP contribution in [0.4, 0.5) is 0 Å². The number of ketones is 2. The zero-order chi connectivity index (χ0) is 18.0. The molecule has 0 heterocycles. The summed E-state index contributed by atoms with van der Waals surface area (Å²) in [5.74, 6) is 0.791. The van der Waals surface area contributed by atoms with Crippen LogP contribution in [0.3, 0.4) is 0 Å². The van der Waals surface area contributed by atoms with Gasteiger partial charge in [0.1, 0.15) is 11.5 Å². The van der Waals surface area contributed by atoms with E-state index >= 15 is 0 Å². The van der Waals surface area contributed by atoms with Gasteiger partial charge in [0.2, 0.25) is 5.78 Å². The molecule has 0 saturated carbocycles. The van der Waals surface area contributed by atoms with Gasteiger partial charge in [0, 0.05) is 30.1 Å². The van der Waals surface area contributed by atoms with Gasteiger partial charge in [-0.2, -0.15) is 0 Å². The zero-order valence-corrected chi connectivity index (χ0v) is 14.8. The Morgan fingerprint density at radius 1 is 0.960 bits per heavy atom. The molecule has 130 valence electrons. The van der Waals surface area contributed by atoms with Crippen molar-refractivity contribution in [2.45, 2.75) is 6.54 Å². The molecule has 25 heavy (non-hydrogen) atoms. The Morgan fingerprint density at radius 2 is 1.68 bits per heavy atom. The second-order valence-corrected chi connectivity index (χ2v) is 6.01. The van der Waals surface area contributed by atoms with Crippen molar-refractivity contribution in [2.24, 2.45) is 0 Å². The quantitative estimate of drug-likeness (QED) is 0.541. The van der Waals surface area contributed by atoms with Gasteiger partial charge in [-0.25, -0.2) is 0 Å². The molecule has 0 saturated heterocycles. The molecule has 0 aliphatic heterocycles. The summed E-state index contributed by atoms with van der Waals surface area (Å²) < 4.78 is 10.7. The minimum atomic E-state index is -0.265. The van der Waals surface area contributed by atoms with E-state index in [1.54, 1.807) is 30.3 Å². The molecule has 2 aromatic rings. The van der Waals surface area contributed by atoms with Gasteiger partial charge in [0.25, 0.3) is 0 Å². The number of hydrogen-bond acceptors (Lipinski definition) is 5. The summed E-state index contributed by atoms with van der Waals surface area (Å²) in [6, 6.07) is 8.53. The van der Waals surface area contributed by atoms with Crippen LogP contribution >= 0.6 is 11.6 Å². The number of rotatable bonds is 6. The molecule has 0 bridgehead atoms. The van der Waals surface area contributed by atoms with E-state index in [2.05, 4.69) is 5.32 Å². The van der Waals surface area contributed by atoms with Crippen molar-refractivity contribution in [3.8, 4) is 11.5 Å². The molecule has 0 atom stereocenters. The van der Waals surface area contributed by atoms with Crippen LogP contribution < -0.4 is 14.8 Å². The van der Waals surface area contributed by atoms with Crippen molar-refractivity contribution in [2.75, 3.05) is 26.6 Å². The SMILES string of the molecule is COc1cccc2c1C(=O)c1c(OC)cc(CNCCCl)cc1C2=O. The molecule has 3 rings (SSSR count). The smallest absolute Gasteiger partial charge is 0.201 e. The van der Waals surface area contributed by atoms with E-state index in [4.69, 9.17) is 21.1 Å². The van der Waals surface area contributed by atoms with Gasteiger partial charge in [-0.05, 0) is 23.8 Å². The van der Waals surface area contributed by atoms with Crippen molar-refractivity contribution in [1.29, 1.82) is 0 Å². The Morgan fingerprint density at radius 3 is 2.36 bits per heavy atom. The average molecular weight is 360 g/mol. The Balaban J connectivity index is 2.14. The third-order valence-corrected chi connectivity index (χ3v) is 4.36. The molecular formula is C19H18ClNO4. The molecule has 0 radical (unpaired) electrons. The number of fused-ring (bicyclic) bond motifs is 2. The lowest BCUT2D eigenvalue weighted by Crippen LogP contribution is -2.23. The molecule has 0 unspecified atom stereocenters. The summed E-state index contributed by atoms with van der Waals surface area (Å²) in [5.41, 5.74) is 2.13. The van der Waals surface area contributed by atoms with Crippen LogP contribution in [0.5, 0.6) is 11.5 Å². The summed E-state index contributed by atoms with van der Waals surface area (Å²) in [6.07, 6.45) is 0. The van der Waals surface area contributed by atoms with Crippen molar-refractivity contribution in [3.63, 3.8) is 0 Å². The summed E-state index contributed by atoms with van der Waals surface area (Å²) in [5, 5.41) is 3.17. The predicted octanol–water partition coefficient (Wildman–Crippen LogP) is 2.81. The van der Waals surface area contributed by atoms with E-state index in [9.17, 15) is 9.59 Å². The molecule has 0 spiro atoms. The normalized spacial score (nSPS) is 12.6. The summed E-state index contributed by atoms with van der Waals surface area (Å²) >= 11 is 5.67. The molecule has 0 amide bonds. The molecular weight excluding hydrogens is 342 g/mol. The summed E-state index contributed by atoms with van der Waals surface area (Å²) in [4.78, 5) is 26.0. The van der Waals surface area contributed by atoms with Gasteiger partial charge in [-0.1, -0.05) is 12.1 Å². The highest BCUT2D eigenvalue weighted by Gasteiger charge is 2.35. The largest absolute Gasteiger partial charge is 0.496 e. The first-order valence-corrected chi connectivity index (χ1v) is 8.39. The van der Waals surface area contributed by atoms with E-state index < -0.39 is 0 Å². The Kier molecular flexibility index (Phi) is 5.06. The highest BCUT2D eigenvalue weighted by atomic mass is 35.5. The van der Waals surface area contributed by atoms with Gasteiger partial charge >= 0.3 is 0 Å². The van der Waals surface area contributed by atoms with Crippen LogP contribution in [-0.2, 0) is 6.54 Å². The third kappa shape index (κ3) is 3.01. The fourth-order valence-electron chi connectivity index (χ4n) is 3.04. The lowest BCUT2D eigenvalue weighted by Gasteiger charge is -2.22. The Bertz CT molecular complexity index is 848. The van der Waals surface area contributed by atoms with Crippen molar-refractivity contribution in [1.82, 2.24) is 5.32 Å². The lowest BCUT2D eigenvalue weighted by molar-refractivity contribution is 0.0974. The molecule has 1 aliphatic rings. The van der Waals surface area contributed by atoms with Crippen molar-refractivity contribution in [3.05, 3.63) is 58.1 Å². The van der Waals surface area contributed by atoms with Crippen LogP contribution in [0.15, 0.2) is 30.3 Å². The third-order valence-electron chi connectivity index (χ3n) is 4.17. The van der Waals surface area contributed by atoms with Gasteiger partial charge in [-0.15, -0.1) is 11.6 Å². The first kappa shape index (κ1) is 17.5. The van der Waals surface area contributed by atoms with Crippen LogP contribution in [0, 0.1) is 0 Å². The van der Waals surface area contributed by atoms with E-state index in [0.717, 1.165) is 5.56 Å². The number of methoxy groups -OCH3 is 2. The average Bonchev–Trinajstić information content (AvgIpc) is 2.64. The van der Waals surface area contributed by atoms with Crippen LogP contribution in [0.2, 0.25) is 0 Å². The first-order valence-electron chi connectivity index (χ1n) is 7.86. The standard InChI is InChI=1S/C19H18ClNO4/c1-24-14-5-3-4-12-16(14)19(23)17-13(18(12)22)8-11(9-15(17)25-2)10-21-7-6-20/h3-5,8-9,21H,6-7,10H2,1-2H3. The van der Waals surface area contributed by atoms with E-state index in [-0.39, 0.29) is 22.7 Å². The second kappa shape index (κ2) is 7.25. The highest BCUT2D eigenvalue weighted by Crippen LogP contribution is 2.37. The monoisotopic (exact) mass is 359 g/mol. The highest BCUT2D eigenvalue weighted by molar-refractivity contribution is 6.30. The molecule has 2 aromatic carbocycles. The topological polar surface area (TPSA) is 64.6 Å². The maximum atomic E-state index is 13.0. The zero-order valence-electron chi connectivity index (χ0n) is 14.0. The van der Waals surface area contributed by atoms with Gasteiger partial charge in [-0.3, -0.25) is 9.59 Å². The molecule has 5 nitrogen and oxygen atoms in total. The van der Waals surface area contributed by atoms with Crippen LogP contribution in [-0.4, -0.2) is 38.2 Å². The molecule has 1 N–H and O–H groups in total. The maximum absolute atomic E-state index is 13.0. The molecule has 6 heteroatoms. The van der Waals surface area contributed by atoms with Crippen molar-refractivity contribution >= 4 is 23.2 Å². The second-order valence-electron chi connectivity index (χ2n) is 5.63. The number of benzene rings is 2. The predicted molar refractivity (Wildman–Crippen MR) is 95.3 cm³/mol. The number of carbonyl (C=O) groups excluding carboxylic acids is 2. The minimum absolute atomic E-state index is 0.207. The van der Waals surface area contributed by atoms with Crippen molar-refractivity contribution < 1.29 is 19.1 Å². The number of ether oxygens (including phenoxy) is 2. The Hall–Kier alpha value is -2.37. The summed E-state index contributed by atoms with van der Waals surface area (Å²) in [6.45, 7) is 1.18. The summed E-state index contributed by atoms with van der Waals surface area (Å²) in [7, 11) is 2.97. The fraction of sp³-hybridized carbons (Fsp3) is 0.263. The molecule has 1 aliphatic carbocycles. The van der Waals surface area contributed by atoms with Gasteiger partial charge in [0.15, 0.2) is 5.78 Å². The van der Waals surface area contributed by atoms with Crippen LogP contribution in [0.25, 0.3) is 0 Å². The number of carbonyl (C=O) groups is 2. The molecule has 0 aromatic heterocycles. The number of hydrogen-bond donors (Lipinski definition) is 1. The van der Waals surface area contributed by atoms with E-state index in [0.29, 0.717) is 41.6 Å².